The van der Waals surface area contributed by atoms with Crippen LogP contribution in [0.4, 0.5) is 4.79 Å². The predicted molar refractivity (Wildman–Crippen MR) is 146 cm³/mol. The molecule has 2 aromatic carbocycles. The highest BCUT2D eigenvalue weighted by Crippen LogP contribution is 2.23. The molecule has 0 aromatic heterocycles. The van der Waals surface area contributed by atoms with Crippen molar-refractivity contribution in [2.45, 2.75) is 58.2 Å². The lowest BCUT2D eigenvalue weighted by molar-refractivity contribution is -0.144. The zero-order valence-corrected chi connectivity index (χ0v) is 23.2. The molecule has 0 aliphatic carbocycles. The molecule has 0 spiro atoms. The number of benzene rings is 2. The summed E-state index contributed by atoms with van der Waals surface area (Å²) < 4.78 is 10.2. The fourth-order valence-electron chi connectivity index (χ4n) is 3.82. The minimum absolute atomic E-state index is 0.00767. The third-order valence-corrected chi connectivity index (χ3v) is 5.50. The lowest BCUT2D eigenvalue weighted by Gasteiger charge is -2.33. The second kappa shape index (κ2) is 15.1. The normalized spacial score (nSPS) is 12.3. The van der Waals surface area contributed by atoms with Gasteiger partial charge in [0.25, 0.3) is 0 Å². The van der Waals surface area contributed by atoms with Crippen molar-refractivity contribution in [1.29, 1.82) is 5.26 Å². The summed E-state index contributed by atoms with van der Waals surface area (Å²) in [5.74, 6) is -1.77. The number of phenols is 1. The third-order valence-electron chi connectivity index (χ3n) is 5.50. The van der Waals surface area contributed by atoms with E-state index in [1.165, 1.54) is 12.1 Å². The van der Waals surface area contributed by atoms with Gasteiger partial charge in [0.2, 0.25) is 11.8 Å². The lowest BCUT2D eigenvalue weighted by Crippen LogP contribution is -2.54. The molecule has 0 radical (unpaired) electrons. The highest BCUT2D eigenvalue weighted by Gasteiger charge is 2.36. The first-order valence-electron chi connectivity index (χ1n) is 12.9. The van der Waals surface area contributed by atoms with Crippen LogP contribution in [0.3, 0.4) is 0 Å². The summed E-state index contributed by atoms with van der Waals surface area (Å²) >= 11 is 0. The first-order chi connectivity index (χ1) is 18.9. The summed E-state index contributed by atoms with van der Waals surface area (Å²) in [5, 5.41) is 24.5. The Labute approximate surface area is 234 Å². The fourth-order valence-corrected chi connectivity index (χ4v) is 3.82. The number of alkyl carbamates (subject to hydrolysis) is 1. The second-order valence-corrected chi connectivity index (χ2v) is 9.85. The van der Waals surface area contributed by atoms with E-state index in [1.54, 1.807) is 70.2 Å². The molecule has 40 heavy (non-hydrogen) atoms. The number of carbonyl (C=O) groups excluding carboxylic acids is 4. The number of hydrogen-bond acceptors (Lipinski definition) is 8. The zero-order valence-electron chi connectivity index (χ0n) is 23.2. The number of nitrogens with zero attached hydrogens (tertiary/aromatic N) is 2. The van der Waals surface area contributed by atoms with Gasteiger partial charge in [0.15, 0.2) is 0 Å². The largest absolute Gasteiger partial charge is 0.508 e. The van der Waals surface area contributed by atoms with Crippen molar-refractivity contribution < 1.29 is 33.8 Å². The average Bonchev–Trinajstić information content (AvgIpc) is 2.88. The van der Waals surface area contributed by atoms with Gasteiger partial charge < -0.3 is 30.1 Å². The minimum atomic E-state index is -1.24. The molecule has 2 unspecified atom stereocenters. The number of ether oxygens (including phenoxy) is 2. The molecule has 0 heterocycles. The van der Waals surface area contributed by atoms with E-state index in [2.05, 4.69) is 10.6 Å². The number of aromatic hydroxyl groups is 1. The molecule has 0 saturated heterocycles. The maximum absolute atomic E-state index is 14.0. The van der Waals surface area contributed by atoms with E-state index in [1.807, 2.05) is 6.07 Å². The Balaban J connectivity index is 2.43. The van der Waals surface area contributed by atoms with E-state index in [4.69, 9.17) is 9.47 Å². The Morgan fingerprint density at radius 3 is 2.27 bits per heavy atom. The highest BCUT2D eigenvalue weighted by molar-refractivity contribution is 5.92. The van der Waals surface area contributed by atoms with Crippen LogP contribution < -0.4 is 10.6 Å². The fraction of sp³-hybridized carbons (Fsp3) is 0.414. The van der Waals surface area contributed by atoms with Crippen LogP contribution in [0, 0.1) is 11.3 Å². The SMILES string of the molecule is CCOC(=O)CCNC(=O)C(c1ccccc1)N(CC#N)C(=O)C(Cc1ccc(O)cc1)NC(=O)OC(C)(C)C. The number of amides is 3. The lowest BCUT2D eigenvalue weighted by atomic mass is 10.0. The van der Waals surface area contributed by atoms with Gasteiger partial charge in [0.05, 0.1) is 19.1 Å². The Kier molecular flexibility index (Phi) is 12.0. The number of carbonyl (C=O) groups is 4. The molecular weight excluding hydrogens is 516 g/mol. The molecule has 0 aliphatic heterocycles. The van der Waals surface area contributed by atoms with Crippen LogP contribution in [0.5, 0.6) is 5.75 Å². The van der Waals surface area contributed by atoms with Crippen molar-refractivity contribution in [3.05, 3.63) is 65.7 Å². The van der Waals surface area contributed by atoms with Crippen molar-refractivity contribution in [1.82, 2.24) is 15.5 Å². The van der Waals surface area contributed by atoms with Crippen molar-refractivity contribution in [3.8, 4) is 11.8 Å². The molecule has 3 N–H and O–H groups in total. The van der Waals surface area contributed by atoms with Crippen molar-refractivity contribution in [2.24, 2.45) is 0 Å². The van der Waals surface area contributed by atoms with Crippen molar-refractivity contribution >= 4 is 23.9 Å². The minimum Gasteiger partial charge on any atom is -0.508 e. The van der Waals surface area contributed by atoms with Crippen LogP contribution in [-0.4, -0.2) is 65.2 Å². The van der Waals surface area contributed by atoms with Gasteiger partial charge in [-0.1, -0.05) is 42.5 Å². The van der Waals surface area contributed by atoms with Crippen molar-refractivity contribution in [3.63, 3.8) is 0 Å². The van der Waals surface area contributed by atoms with E-state index in [-0.39, 0.29) is 31.7 Å². The average molecular weight is 553 g/mol. The molecular formula is C29H36N4O7. The van der Waals surface area contributed by atoms with Gasteiger partial charge >= 0.3 is 12.1 Å². The van der Waals surface area contributed by atoms with Gasteiger partial charge in [0.1, 0.15) is 30.0 Å². The Morgan fingerprint density at radius 1 is 1.05 bits per heavy atom. The Bertz CT molecular complexity index is 1190. The van der Waals surface area contributed by atoms with Gasteiger partial charge in [-0.25, -0.2) is 4.79 Å². The number of esters is 1. The summed E-state index contributed by atoms with van der Waals surface area (Å²) in [4.78, 5) is 52.9. The van der Waals surface area contributed by atoms with E-state index < -0.39 is 48.1 Å². The predicted octanol–water partition coefficient (Wildman–Crippen LogP) is 2.99. The van der Waals surface area contributed by atoms with Gasteiger partial charge in [-0.05, 0) is 51.0 Å². The summed E-state index contributed by atoms with van der Waals surface area (Å²) in [6.45, 7) is 6.41. The number of nitriles is 1. The van der Waals surface area contributed by atoms with E-state index in [0.29, 0.717) is 11.1 Å². The number of hydrogen-bond donors (Lipinski definition) is 3. The smallest absolute Gasteiger partial charge is 0.408 e. The molecule has 0 fully saturated rings. The van der Waals surface area contributed by atoms with Crippen molar-refractivity contribution in [2.75, 3.05) is 19.7 Å². The molecule has 2 atom stereocenters. The van der Waals surface area contributed by atoms with Crippen LogP contribution in [0.1, 0.15) is 51.3 Å². The van der Waals surface area contributed by atoms with Crippen LogP contribution >= 0.6 is 0 Å². The molecule has 0 saturated carbocycles. The summed E-state index contributed by atoms with van der Waals surface area (Å²) in [6, 6.07) is 14.0. The van der Waals surface area contributed by atoms with Gasteiger partial charge in [-0.15, -0.1) is 0 Å². The van der Waals surface area contributed by atoms with Gasteiger partial charge in [0, 0.05) is 13.0 Å². The molecule has 3 amide bonds. The first-order valence-corrected chi connectivity index (χ1v) is 12.9. The summed E-state index contributed by atoms with van der Waals surface area (Å²) in [6.07, 6.45) is -0.930. The Morgan fingerprint density at radius 2 is 1.70 bits per heavy atom. The molecule has 11 nitrogen and oxygen atoms in total. The molecule has 0 bridgehead atoms. The van der Waals surface area contributed by atoms with Crippen LogP contribution in [0.15, 0.2) is 54.6 Å². The Hall–Kier alpha value is -4.59. The summed E-state index contributed by atoms with van der Waals surface area (Å²) in [5.41, 5.74) is 0.202. The quantitative estimate of drug-likeness (QED) is 0.268. The maximum atomic E-state index is 14.0. The standard InChI is InChI=1S/C29H36N4O7/c1-5-39-24(35)15-17-31-26(36)25(21-9-7-6-8-10-21)33(18-16-30)27(37)23(32-28(38)40-29(2,3)4)19-20-11-13-22(34)14-12-20/h6-14,23,25,34H,5,15,17-19H2,1-4H3,(H,31,36)(H,32,38). The van der Waals surface area contributed by atoms with E-state index in [0.717, 1.165) is 4.90 Å². The van der Waals surface area contributed by atoms with Gasteiger partial charge in [-0.3, -0.25) is 14.4 Å². The molecule has 2 rings (SSSR count). The molecule has 214 valence electrons. The van der Waals surface area contributed by atoms with Crippen LogP contribution in [0.25, 0.3) is 0 Å². The zero-order chi connectivity index (χ0) is 29.7. The second-order valence-electron chi connectivity index (χ2n) is 9.85. The van der Waals surface area contributed by atoms with Crippen LogP contribution in [0.2, 0.25) is 0 Å². The number of rotatable bonds is 12. The maximum Gasteiger partial charge on any atom is 0.408 e. The summed E-state index contributed by atoms with van der Waals surface area (Å²) in [7, 11) is 0. The third kappa shape index (κ3) is 10.3. The number of nitrogens with one attached hydrogen (secondary N) is 2. The van der Waals surface area contributed by atoms with E-state index >= 15 is 0 Å². The van der Waals surface area contributed by atoms with Gasteiger partial charge in [-0.2, -0.15) is 5.26 Å². The molecule has 11 heteroatoms. The molecule has 2 aromatic rings. The molecule has 0 aliphatic rings. The van der Waals surface area contributed by atoms with E-state index in [9.17, 15) is 29.5 Å². The highest BCUT2D eigenvalue weighted by atomic mass is 16.6. The first kappa shape index (κ1) is 31.6. The topological polar surface area (TPSA) is 158 Å². The van der Waals surface area contributed by atoms with Crippen LogP contribution in [-0.2, 0) is 30.3 Å². The monoisotopic (exact) mass is 552 g/mol. The number of phenolic OH excluding ortho intramolecular Hbond substituents is 1.